The lowest BCUT2D eigenvalue weighted by atomic mass is 9.86. The van der Waals surface area contributed by atoms with Crippen molar-refractivity contribution in [2.75, 3.05) is 51.5 Å². The van der Waals surface area contributed by atoms with Gasteiger partial charge in [0.1, 0.15) is 12.4 Å². The number of hydrogen-bond acceptors (Lipinski definition) is 6. The molecular weight excluding hydrogens is 454 g/mol. The third-order valence-electron chi connectivity index (χ3n) is 6.62. The highest BCUT2D eigenvalue weighted by atomic mass is 16.6. The van der Waals surface area contributed by atoms with E-state index < -0.39 is 0 Å². The number of nitrogens with zero attached hydrogens (tertiary/aromatic N) is 3. The fourth-order valence-electron chi connectivity index (χ4n) is 4.64. The van der Waals surface area contributed by atoms with Gasteiger partial charge in [0.05, 0.1) is 32.1 Å². The molecule has 0 saturated carbocycles. The number of ether oxygens (including phenoxy) is 2. The number of anilines is 1. The molecule has 0 radical (unpaired) electrons. The van der Waals surface area contributed by atoms with Crippen molar-refractivity contribution in [3.05, 3.63) is 71.8 Å². The van der Waals surface area contributed by atoms with Crippen LogP contribution in [0.1, 0.15) is 44.2 Å². The highest BCUT2D eigenvalue weighted by molar-refractivity contribution is 6.18. The van der Waals surface area contributed by atoms with E-state index in [1.54, 1.807) is 7.11 Å². The van der Waals surface area contributed by atoms with Gasteiger partial charge in [0.25, 0.3) is 5.91 Å². The summed E-state index contributed by atoms with van der Waals surface area (Å²) in [5, 5.41) is 4.25. The third-order valence-corrected chi connectivity index (χ3v) is 6.62. The maximum Gasteiger partial charge on any atom is 0.257 e. The van der Waals surface area contributed by atoms with Gasteiger partial charge in [-0.25, -0.2) is 0 Å². The van der Waals surface area contributed by atoms with Gasteiger partial charge in [0, 0.05) is 24.4 Å². The van der Waals surface area contributed by atoms with Crippen molar-refractivity contribution in [3.8, 4) is 5.75 Å². The molecule has 36 heavy (non-hydrogen) atoms. The minimum Gasteiger partial charge on any atom is -0.497 e. The summed E-state index contributed by atoms with van der Waals surface area (Å²) >= 11 is 0. The summed E-state index contributed by atoms with van der Waals surface area (Å²) in [4.78, 5) is 23.0. The Hall–Kier alpha value is -3.16. The van der Waals surface area contributed by atoms with Gasteiger partial charge in [-0.15, -0.1) is 0 Å². The number of amides is 1. The highest BCUT2D eigenvalue weighted by Crippen LogP contribution is 2.43. The zero-order valence-corrected chi connectivity index (χ0v) is 21.4. The zero-order valence-electron chi connectivity index (χ0n) is 21.4. The summed E-state index contributed by atoms with van der Waals surface area (Å²) in [6, 6.07) is 17.5. The van der Waals surface area contributed by atoms with E-state index in [2.05, 4.69) is 10.1 Å². The van der Waals surface area contributed by atoms with Gasteiger partial charge in [-0.2, -0.15) is 0 Å². The minimum absolute atomic E-state index is 0.0242. The predicted molar refractivity (Wildman–Crippen MR) is 143 cm³/mol. The molecule has 7 heteroatoms. The number of morpholine rings is 1. The topological polar surface area (TPSA) is 63.6 Å². The second-order valence-electron chi connectivity index (χ2n) is 9.22. The van der Waals surface area contributed by atoms with E-state index in [4.69, 9.17) is 14.3 Å². The van der Waals surface area contributed by atoms with Crippen LogP contribution in [0.2, 0.25) is 0 Å². The monoisotopic (exact) mass is 491 g/mol. The molecule has 4 rings (SSSR count). The molecule has 192 valence electrons. The van der Waals surface area contributed by atoms with E-state index in [-0.39, 0.29) is 11.9 Å². The number of β-lactam (4-membered cyclic amide) rings is 1. The number of carbonyl (C=O) groups excluding carboxylic acids is 1. The number of carbonyl (C=O) groups is 1. The van der Waals surface area contributed by atoms with Gasteiger partial charge in [-0.3, -0.25) is 14.6 Å². The molecule has 2 aliphatic rings. The number of benzene rings is 2. The summed E-state index contributed by atoms with van der Waals surface area (Å²) < 4.78 is 10.7. The molecule has 2 fully saturated rings. The second kappa shape index (κ2) is 13.2. The standard InChI is InChI=1S/C29H37N3O4/c1-23(30-36-19-9-4-3-8-16-31-17-20-35-21-18-31)22-27-28(24-10-6-5-7-11-24)32(29(27)33)25-12-14-26(34-2)15-13-25/h5-7,10-15,22,28H,3-4,8-9,16-21H2,1-2H3. The van der Waals surface area contributed by atoms with E-state index in [1.165, 1.54) is 12.8 Å². The molecule has 7 nitrogen and oxygen atoms in total. The molecule has 0 aliphatic carbocycles. The Morgan fingerprint density at radius 3 is 2.47 bits per heavy atom. The molecule has 2 heterocycles. The fourth-order valence-corrected chi connectivity index (χ4v) is 4.64. The molecule has 0 N–H and O–H groups in total. The summed E-state index contributed by atoms with van der Waals surface area (Å²) in [5.41, 5.74) is 3.31. The van der Waals surface area contributed by atoms with Crippen molar-refractivity contribution in [2.24, 2.45) is 5.16 Å². The molecule has 1 amide bonds. The van der Waals surface area contributed by atoms with Crippen molar-refractivity contribution in [3.63, 3.8) is 0 Å². The largest absolute Gasteiger partial charge is 0.497 e. The van der Waals surface area contributed by atoms with Gasteiger partial charge in [-0.05, 0) is 68.6 Å². The molecule has 2 aliphatic heterocycles. The van der Waals surface area contributed by atoms with Crippen LogP contribution < -0.4 is 9.64 Å². The second-order valence-corrected chi connectivity index (χ2v) is 9.22. The summed E-state index contributed by atoms with van der Waals surface area (Å²) in [5.74, 6) is 0.736. The summed E-state index contributed by atoms with van der Waals surface area (Å²) in [6.07, 6.45) is 6.37. The molecule has 2 saturated heterocycles. The molecule has 1 atom stereocenters. The Bertz CT molecular complexity index is 1030. The summed E-state index contributed by atoms with van der Waals surface area (Å²) in [6.45, 7) is 7.44. The van der Waals surface area contributed by atoms with Crippen molar-refractivity contribution in [1.29, 1.82) is 0 Å². The Morgan fingerprint density at radius 2 is 1.75 bits per heavy atom. The van der Waals surface area contributed by atoms with Crippen LogP contribution >= 0.6 is 0 Å². The van der Waals surface area contributed by atoms with Gasteiger partial charge in [-0.1, -0.05) is 41.9 Å². The smallest absolute Gasteiger partial charge is 0.257 e. The van der Waals surface area contributed by atoms with Crippen LogP contribution in [0.5, 0.6) is 5.75 Å². The van der Waals surface area contributed by atoms with Crippen LogP contribution in [0, 0.1) is 0 Å². The lowest BCUT2D eigenvalue weighted by molar-refractivity contribution is -0.119. The minimum atomic E-state index is -0.163. The van der Waals surface area contributed by atoms with Crippen molar-refractivity contribution >= 4 is 17.3 Å². The zero-order chi connectivity index (χ0) is 25.2. The number of hydrogen-bond donors (Lipinski definition) is 0. The number of unbranched alkanes of at least 4 members (excludes halogenated alkanes) is 3. The fraction of sp³-hybridized carbons (Fsp3) is 0.448. The molecule has 0 spiro atoms. The average molecular weight is 492 g/mol. The van der Waals surface area contributed by atoms with E-state index >= 15 is 0 Å². The molecule has 2 aromatic carbocycles. The van der Waals surface area contributed by atoms with Gasteiger partial charge >= 0.3 is 0 Å². The van der Waals surface area contributed by atoms with E-state index in [1.807, 2.05) is 72.5 Å². The number of methoxy groups -OCH3 is 1. The molecule has 2 aromatic rings. The highest BCUT2D eigenvalue weighted by Gasteiger charge is 2.43. The Kier molecular flexibility index (Phi) is 9.53. The summed E-state index contributed by atoms with van der Waals surface area (Å²) in [7, 11) is 1.63. The Balaban J connectivity index is 1.29. The van der Waals surface area contributed by atoms with Crippen LogP contribution in [0.4, 0.5) is 5.69 Å². The van der Waals surface area contributed by atoms with E-state index in [9.17, 15) is 4.79 Å². The number of allylic oxidation sites excluding steroid dienone is 1. The molecule has 0 aromatic heterocycles. The number of rotatable bonds is 12. The first-order chi connectivity index (χ1) is 17.7. The third kappa shape index (κ3) is 6.74. The first kappa shape index (κ1) is 25.9. The predicted octanol–water partition coefficient (Wildman–Crippen LogP) is 4.99. The average Bonchev–Trinajstić information content (AvgIpc) is 2.93. The lowest BCUT2D eigenvalue weighted by Gasteiger charge is -2.43. The number of oxime groups is 1. The van der Waals surface area contributed by atoms with Crippen LogP contribution in [-0.2, 0) is 14.4 Å². The van der Waals surface area contributed by atoms with Crippen molar-refractivity contribution in [1.82, 2.24) is 4.90 Å². The van der Waals surface area contributed by atoms with Crippen LogP contribution in [0.3, 0.4) is 0 Å². The Morgan fingerprint density at radius 1 is 1.03 bits per heavy atom. The Labute approximate surface area is 214 Å². The first-order valence-corrected chi connectivity index (χ1v) is 12.9. The van der Waals surface area contributed by atoms with Crippen molar-refractivity contribution in [2.45, 2.75) is 38.6 Å². The van der Waals surface area contributed by atoms with Gasteiger partial charge in [0.15, 0.2) is 0 Å². The normalized spacial score (nSPS) is 19.9. The van der Waals surface area contributed by atoms with Crippen molar-refractivity contribution < 1.29 is 19.1 Å². The maximum absolute atomic E-state index is 13.1. The molecule has 0 bridgehead atoms. The van der Waals surface area contributed by atoms with Gasteiger partial charge < -0.3 is 14.3 Å². The molecular formula is C29H37N3O4. The first-order valence-electron chi connectivity index (χ1n) is 12.9. The van der Waals surface area contributed by atoms with Gasteiger partial charge in [0.2, 0.25) is 0 Å². The van der Waals surface area contributed by atoms with E-state index in [0.29, 0.717) is 17.9 Å². The van der Waals surface area contributed by atoms with Crippen LogP contribution in [0.15, 0.2) is 71.4 Å². The SMILES string of the molecule is COc1ccc(N2C(=O)C(=CC(C)=NOCCCCCCN3CCOCC3)C2c2ccccc2)cc1. The molecule has 1 unspecified atom stereocenters. The lowest BCUT2D eigenvalue weighted by Crippen LogP contribution is -2.49. The van der Waals surface area contributed by atoms with Crippen LogP contribution in [0.25, 0.3) is 0 Å². The van der Waals surface area contributed by atoms with Crippen LogP contribution in [-0.4, -0.2) is 63.1 Å². The van der Waals surface area contributed by atoms with E-state index in [0.717, 1.165) is 62.7 Å². The quantitative estimate of drug-likeness (QED) is 0.138. The maximum atomic E-state index is 13.1.